The van der Waals surface area contributed by atoms with Gasteiger partial charge in [0.15, 0.2) is 9.84 Å². The highest BCUT2D eigenvalue weighted by Gasteiger charge is 2.37. The Morgan fingerprint density at radius 3 is 2.44 bits per heavy atom. The van der Waals surface area contributed by atoms with Crippen molar-refractivity contribution in [3.63, 3.8) is 0 Å². The van der Waals surface area contributed by atoms with E-state index in [1.54, 1.807) is 19.1 Å². The van der Waals surface area contributed by atoms with Crippen molar-refractivity contribution in [3.05, 3.63) is 29.8 Å². The Kier molecular flexibility index (Phi) is 6.27. The first-order chi connectivity index (χ1) is 11.7. The Hall–Kier alpha value is -1.40. The SMILES string of the molecule is CCS(=O)(=O)c1ccc(C(=O)NCC2(N(C)C)CCCC(C)C2)cc1. The second-order valence-electron chi connectivity index (χ2n) is 7.43. The molecule has 0 aliphatic heterocycles. The highest BCUT2D eigenvalue weighted by atomic mass is 32.2. The summed E-state index contributed by atoms with van der Waals surface area (Å²) in [4.78, 5) is 15.0. The average molecular weight is 367 g/mol. The average Bonchev–Trinajstić information content (AvgIpc) is 2.59. The summed E-state index contributed by atoms with van der Waals surface area (Å²) in [6.45, 7) is 4.49. The summed E-state index contributed by atoms with van der Waals surface area (Å²) in [5, 5.41) is 3.05. The van der Waals surface area contributed by atoms with Gasteiger partial charge in [-0.3, -0.25) is 4.79 Å². The van der Waals surface area contributed by atoms with Crippen LogP contribution < -0.4 is 5.32 Å². The van der Waals surface area contributed by atoms with E-state index >= 15 is 0 Å². The van der Waals surface area contributed by atoms with Crippen LogP contribution in [0.4, 0.5) is 0 Å². The summed E-state index contributed by atoms with van der Waals surface area (Å²) in [7, 11) is 0.920. The summed E-state index contributed by atoms with van der Waals surface area (Å²) in [5.74, 6) is 0.564. The van der Waals surface area contributed by atoms with E-state index in [1.165, 1.54) is 25.0 Å². The number of rotatable bonds is 6. The molecule has 1 fully saturated rings. The van der Waals surface area contributed by atoms with Gasteiger partial charge >= 0.3 is 0 Å². The minimum atomic E-state index is -3.24. The molecule has 2 unspecified atom stereocenters. The summed E-state index contributed by atoms with van der Waals surface area (Å²) >= 11 is 0. The molecule has 5 nitrogen and oxygen atoms in total. The lowest BCUT2D eigenvalue weighted by atomic mass is 9.75. The van der Waals surface area contributed by atoms with Crippen molar-refractivity contribution >= 4 is 15.7 Å². The fourth-order valence-corrected chi connectivity index (χ4v) is 4.57. The van der Waals surface area contributed by atoms with Crippen LogP contribution in [0.2, 0.25) is 0 Å². The van der Waals surface area contributed by atoms with E-state index in [1.807, 2.05) is 0 Å². The Morgan fingerprint density at radius 1 is 1.28 bits per heavy atom. The van der Waals surface area contributed by atoms with Crippen LogP contribution in [0, 0.1) is 5.92 Å². The molecule has 2 rings (SSSR count). The van der Waals surface area contributed by atoms with Crippen molar-refractivity contribution in [3.8, 4) is 0 Å². The van der Waals surface area contributed by atoms with Crippen LogP contribution >= 0.6 is 0 Å². The zero-order valence-corrected chi connectivity index (χ0v) is 16.5. The first kappa shape index (κ1) is 19.9. The second-order valence-corrected chi connectivity index (χ2v) is 9.71. The zero-order valence-electron chi connectivity index (χ0n) is 15.7. The zero-order chi connectivity index (χ0) is 18.7. The molecule has 1 aromatic carbocycles. The largest absolute Gasteiger partial charge is 0.350 e. The molecule has 0 bridgehead atoms. The fourth-order valence-electron chi connectivity index (χ4n) is 3.68. The quantitative estimate of drug-likeness (QED) is 0.841. The predicted molar refractivity (Wildman–Crippen MR) is 101 cm³/mol. The molecule has 0 heterocycles. The molecule has 1 aliphatic carbocycles. The first-order valence-electron chi connectivity index (χ1n) is 8.98. The van der Waals surface area contributed by atoms with Crippen LogP contribution in [0.5, 0.6) is 0 Å². The standard InChI is InChI=1S/C19H30N2O3S/c1-5-25(23,24)17-10-8-16(9-11-17)18(22)20-14-19(21(3)4)12-6-7-15(2)13-19/h8-11,15H,5-7,12-14H2,1-4H3,(H,20,22). The van der Waals surface area contributed by atoms with Gasteiger partial charge in [-0.2, -0.15) is 0 Å². The van der Waals surface area contributed by atoms with Crippen molar-refractivity contribution in [2.45, 2.75) is 50.0 Å². The molecular formula is C19H30N2O3S. The normalized spacial score (nSPS) is 24.3. The van der Waals surface area contributed by atoms with Gasteiger partial charge in [0.25, 0.3) is 5.91 Å². The van der Waals surface area contributed by atoms with Crippen molar-refractivity contribution in [2.75, 3.05) is 26.4 Å². The van der Waals surface area contributed by atoms with E-state index in [9.17, 15) is 13.2 Å². The predicted octanol–water partition coefficient (Wildman–Crippen LogP) is 2.72. The molecule has 6 heteroatoms. The maximum Gasteiger partial charge on any atom is 0.251 e. The minimum Gasteiger partial charge on any atom is -0.350 e. The molecular weight excluding hydrogens is 336 g/mol. The number of nitrogens with one attached hydrogen (secondary N) is 1. The van der Waals surface area contributed by atoms with Gasteiger partial charge in [0.2, 0.25) is 0 Å². The summed E-state index contributed by atoms with van der Waals surface area (Å²) < 4.78 is 23.7. The van der Waals surface area contributed by atoms with Gasteiger partial charge in [0, 0.05) is 17.6 Å². The number of carbonyl (C=O) groups excluding carboxylic acids is 1. The van der Waals surface area contributed by atoms with Crippen molar-refractivity contribution in [1.82, 2.24) is 10.2 Å². The summed E-state index contributed by atoms with van der Waals surface area (Å²) in [6.07, 6.45) is 4.59. The Bertz CT molecular complexity index is 698. The molecule has 1 aromatic rings. The molecule has 25 heavy (non-hydrogen) atoms. The van der Waals surface area contributed by atoms with E-state index in [0.717, 1.165) is 12.8 Å². The van der Waals surface area contributed by atoms with Crippen LogP contribution in [0.15, 0.2) is 29.2 Å². The van der Waals surface area contributed by atoms with Crippen LogP contribution in [-0.4, -0.2) is 51.2 Å². The number of hydrogen-bond donors (Lipinski definition) is 1. The van der Waals surface area contributed by atoms with Crippen molar-refractivity contribution < 1.29 is 13.2 Å². The van der Waals surface area contributed by atoms with Crippen LogP contribution in [-0.2, 0) is 9.84 Å². The number of amides is 1. The number of hydrogen-bond acceptors (Lipinski definition) is 4. The van der Waals surface area contributed by atoms with E-state index in [0.29, 0.717) is 18.0 Å². The Morgan fingerprint density at radius 2 is 1.92 bits per heavy atom. The number of likely N-dealkylation sites (N-methyl/N-ethyl adjacent to an activating group) is 1. The summed E-state index contributed by atoms with van der Waals surface area (Å²) in [5.41, 5.74) is 0.492. The van der Waals surface area contributed by atoms with E-state index in [4.69, 9.17) is 0 Å². The molecule has 140 valence electrons. The lowest BCUT2D eigenvalue weighted by Gasteiger charge is -2.45. The highest BCUT2D eigenvalue weighted by Crippen LogP contribution is 2.35. The van der Waals surface area contributed by atoms with Gasteiger partial charge in [-0.05, 0) is 57.1 Å². The Balaban J connectivity index is 2.06. The Labute approximate surface area is 151 Å². The van der Waals surface area contributed by atoms with Gasteiger partial charge < -0.3 is 10.2 Å². The van der Waals surface area contributed by atoms with Crippen LogP contribution in [0.1, 0.15) is 49.9 Å². The van der Waals surface area contributed by atoms with Gasteiger partial charge in [-0.25, -0.2) is 8.42 Å². The van der Waals surface area contributed by atoms with E-state index in [-0.39, 0.29) is 22.1 Å². The molecule has 0 saturated heterocycles. The number of benzene rings is 1. The lowest BCUT2D eigenvalue weighted by Crippen LogP contribution is -2.55. The molecule has 0 aromatic heterocycles. The molecule has 1 N–H and O–H groups in total. The second kappa shape index (κ2) is 7.87. The number of carbonyl (C=O) groups is 1. The maximum atomic E-state index is 12.5. The minimum absolute atomic E-state index is 0.00117. The topological polar surface area (TPSA) is 66.5 Å². The molecule has 1 aliphatic rings. The van der Waals surface area contributed by atoms with Crippen LogP contribution in [0.3, 0.4) is 0 Å². The van der Waals surface area contributed by atoms with Crippen LogP contribution in [0.25, 0.3) is 0 Å². The van der Waals surface area contributed by atoms with Gasteiger partial charge in [0.1, 0.15) is 0 Å². The molecule has 1 amide bonds. The molecule has 0 spiro atoms. The third-order valence-corrected chi connectivity index (χ3v) is 7.20. The first-order valence-corrected chi connectivity index (χ1v) is 10.6. The highest BCUT2D eigenvalue weighted by molar-refractivity contribution is 7.91. The number of sulfone groups is 1. The molecule has 2 atom stereocenters. The van der Waals surface area contributed by atoms with E-state index < -0.39 is 9.84 Å². The van der Waals surface area contributed by atoms with Gasteiger partial charge in [0.05, 0.1) is 10.6 Å². The monoisotopic (exact) mass is 366 g/mol. The third-order valence-electron chi connectivity index (χ3n) is 5.45. The fraction of sp³-hybridized carbons (Fsp3) is 0.632. The lowest BCUT2D eigenvalue weighted by molar-refractivity contribution is 0.0675. The smallest absolute Gasteiger partial charge is 0.251 e. The molecule has 0 radical (unpaired) electrons. The number of nitrogens with zero attached hydrogens (tertiary/aromatic N) is 1. The van der Waals surface area contributed by atoms with Gasteiger partial charge in [-0.1, -0.05) is 26.7 Å². The van der Waals surface area contributed by atoms with E-state index in [2.05, 4.69) is 31.2 Å². The van der Waals surface area contributed by atoms with Crippen molar-refractivity contribution in [1.29, 1.82) is 0 Å². The maximum absolute atomic E-state index is 12.5. The molecule has 1 saturated carbocycles. The third kappa shape index (κ3) is 4.61. The van der Waals surface area contributed by atoms with Gasteiger partial charge in [-0.15, -0.1) is 0 Å². The summed E-state index contributed by atoms with van der Waals surface area (Å²) in [6, 6.07) is 6.20. The van der Waals surface area contributed by atoms with Crippen molar-refractivity contribution in [2.24, 2.45) is 5.92 Å².